The maximum absolute atomic E-state index is 11.2. The standard InChI is InChI=1S/C16H23NO4/c1-17-9-4-3-5-12(17)8-10-21-15-11-13(20-2)6-7-14(15)16(18)19/h6-7,11-12H,3-5,8-10H2,1-2H3,(H,18,19). The van der Waals surface area contributed by atoms with Crippen LogP contribution in [0.2, 0.25) is 0 Å². The van der Waals surface area contributed by atoms with E-state index in [1.165, 1.54) is 25.3 Å². The van der Waals surface area contributed by atoms with Crippen molar-refractivity contribution in [3.63, 3.8) is 0 Å². The van der Waals surface area contributed by atoms with Crippen LogP contribution in [0.25, 0.3) is 0 Å². The van der Waals surface area contributed by atoms with Crippen LogP contribution in [-0.4, -0.2) is 49.3 Å². The summed E-state index contributed by atoms with van der Waals surface area (Å²) in [5, 5.41) is 9.19. The molecule has 1 aromatic carbocycles. The lowest BCUT2D eigenvalue weighted by atomic mass is 10.0. The molecule has 1 fully saturated rings. The molecule has 0 spiro atoms. The van der Waals surface area contributed by atoms with Crippen molar-refractivity contribution in [2.45, 2.75) is 31.7 Å². The van der Waals surface area contributed by atoms with Crippen molar-refractivity contribution >= 4 is 5.97 Å². The molecule has 0 radical (unpaired) electrons. The minimum absolute atomic E-state index is 0.174. The van der Waals surface area contributed by atoms with Gasteiger partial charge in [-0.15, -0.1) is 0 Å². The highest BCUT2D eigenvalue weighted by atomic mass is 16.5. The number of carboxylic acids is 1. The molecule has 1 aliphatic heterocycles. The van der Waals surface area contributed by atoms with Gasteiger partial charge in [0.1, 0.15) is 17.1 Å². The average molecular weight is 293 g/mol. The van der Waals surface area contributed by atoms with Crippen molar-refractivity contribution in [3.05, 3.63) is 23.8 Å². The van der Waals surface area contributed by atoms with Gasteiger partial charge in [0.05, 0.1) is 13.7 Å². The summed E-state index contributed by atoms with van der Waals surface area (Å²) >= 11 is 0. The Morgan fingerprint density at radius 1 is 1.43 bits per heavy atom. The Kier molecular flexibility index (Phi) is 5.44. The Bertz CT molecular complexity index is 489. The fraction of sp³-hybridized carbons (Fsp3) is 0.562. The molecular formula is C16H23NO4. The molecule has 0 aliphatic carbocycles. The van der Waals surface area contributed by atoms with Crippen molar-refractivity contribution in [3.8, 4) is 11.5 Å². The molecule has 0 aromatic heterocycles. The number of aromatic carboxylic acids is 1. The van der Waals surface area contributed by atoms with Crippen LogP contribution >= 0.6 is 0 Å². The van der Waals surface area contributed by atoms with Crippen molar-refractivity contribution in [2.75, 3.05) is 27.3 Å². The minimum Gasteiger partial charge on any atom is -0.497 e. The summed E-state index contributed by atoms with van der Waals surface area (Å²) in [6.07, 6.45) is 4.61. The molecule has 1 N–H and O–H groups in total. The fourth-order valence-corrected chi connectivity index (χ4v) is 2.74. The number of hydrogen-bond acceptors (Lipinski definition) is 4. The summed E-state index contributed by atoms with van der Waals surface area (Å²) in [6, 6.07) is 5.31. The molecule has 1 unspecified atom stereocenters. The van der Waals surface area contributed by atoms with Crippen LogP contribution < -0.4 is 9.47 Å². The topological polar surface area (TPSA) is 59.0 Å². The first-order valence-corrected chi connectivity index (χ1v) is 7.36. The highest BCUT2D eigenvalue weighted by Crippen LogP contribution is 2.26. The molecule has 0 amide bonds. The van der Waals surface area contributed by atoms with E-state index in [9.17, 15) is 9.90 Å². The summed E-state index contributed by atoms with van der Waals surface area (Å²) in [7, 11) is 3.69. The number of piperidine rings is 1. The molecule has 2 rings (SSSR count). The highest BCUT2D eigenvalue weighted by molar-refractivity contribution is 5.91. The SMILES string of the molecule is COc1ccc(C(=O)O)c(OCCC2CCCCN2C)c1. The number of methoxy groups -OCH3 is 1. The molecule has 1 heterocycles. The maximum atomic E-state index is 11.2. The summed E-state index contributed by atoms with van der Waals surface area (Å²) in [5.41, 5.74) is 0.174. The molecule has 116 valence electrons. The van der Waals surface area contributed by atoms with Crippen LogP contribution in [0.3, 0.4) is 0 Å². The largest absolute Gasteiger partial charge is 0.497 e. The lowest BCUT2D eigenvalue weighted by molar-refractivity contribution is 0.0691. The first-order valence-electron chi connectivity index (χ1n) is 7.36. The summed E-state index contributed by atoms with van der Waals surface area (Å²) in [6.45, 7) is 1.65. The molecule has 5 nitrogen and oxygen atoms in total. The van der Waals surface area contributed by atoms with Crippen molar-refractivity contribution < 1.29 is 19.4 Å². The number of rotatable bonds is 6. The fourth-order valence-electron chi connectivity index (χ4n) is 2.74. The van der Waals surface area contributed by atoms with Crippen LogP contribution in [0.5, 0.6) is 11.5 Å². The van der Waals surface area contributed by atoms with Gasteiger partial charge in [-0.25, -0.2) is 4.79 Å². The quantitative estimate of drug-likeness (QED) is 0.873. The van der Waals surface area contributed by atoms with Crippen molar-refractivity contribution in [1.29, 1.82) is 0 Å². The van der Waals surface area contributed by atoms with Gasteiger partial charge in [0, 0.05) is 12.1 Å². The van der Waals surface area contributed by atoms with Gasteiger partial charge in [-0.2, -0.15) is 0 Å². The Morgan fingerprint density at radius 2 is 2.24 bits per heavy atom. The number of hydrogen-bond donors (Lipinski definition) is 1. The summed E-state index contributed by atoms with van der Waals surface area (Å²) < 4.78 is 10.8. The van der Waals surface area contributed by atoms with Crippen LogP contribution in [0.4, 0.5) is 0 Å². The third-order valence-corrected chi connectivity index (χ3v) is 4.05. The molecule has 1 aliphatic rings. The van der Waals surface area contributed by atoms with Crippen LogP contribution in [0, 0.1) is 0 Å². The van der Waals surface area contributed by atoms with E-state index in [1.54, 1.807) is 19.2 Å². The number of likely N-dealkylation sites (tertiary alicyclic amines) is 1. The molecule has 1 aromatic rings. The Hall–Kier alpha value is -1.75. The van der Waals surface area contributed by atoms with E-state index in [4.69, 9.17) is 9.47 Å². The molecule has 5 heteroatoms. The van der Waals surface area contributed by atoms with Gasteiger partial charge >= 0.3 is 5.97 Å². The molecule has 0 saturated carbocycles. The van der Waals surface area contributed by atoms with E-state index >= 15 is 0 Å². The maximum Gasteiger partial charge on any atom is 0.339 e. The molecule has 21 heavy (non-hydrogen) atoms. The normalized spacial score (nSPS) is 19.2. The van der Waals surface area contributed by atoms with Gasteiger partial charge in [0.25, 0.3) is 0 Å². The first kappa shape index (κ1) is 15.6. The lowest BCUT2D eigenvalue weighted by Crippen LogP contribution is -2.37. The second-order valence-electron chi connectivity index (χ2n) is 5.43. The monoisotopic (exact) mass is 293 g/mol. The van der Waals surface area contributed by atoms with E-state index in [-0.39, 0.29) is 5.56 Å². The smallest absolute Gasteiger partial charge is 0.339 e. The number of carbonyl (C=O) groups is 1. The second-order valence-corrected chi connectivity index (χ2v) is 5.43. The second kappa shape index (κ2) is 7.31. The predicted molar refractivity (Wildman–Crippen MR) is 80.3 cm³/mol. The van der Waals surface area contributed by atoms with Gasteiger partial charge in [-0.05, 0) is 45.0 Å². The third kappa shape index (κ3) is 4.11. The van der Waals surface area contributed by atoms with Gasteiger partial charge in [0.2, 0.25) is 0 Å². The Labute approximate surface area is 125 Å². The average Bonchev–Trinajstić information content (AvgIpc) is 2.48. The molecule has 1 atom stereocenters. The van der Waals surface area contributed by atoms with Gasteiger partial charge in [0.15, 0.2) is 0 Å². The highest BCUT2D eigenvalue weighted by Gasteiger charge is 2.19. The minimum atomic E-state index is -0.984. The zero-order valence-electron chi connectivity index (χ0n) is 12.7. The summed E-state index contributed by atoms with van der Waals surface area (Å²) in [4.78, 5) is 13.6. The van der Waals surface area contributed by atoms with E-state index in [0.717, 1.165) is 13.0 Å². The van der Waals surface area contributed by atoms with Crippen LogP contribution in [0.1, 0.15) is 36.0 Å². The number of benzene rings is 1. The van der Waals surface area contributed by atoms with Gasteiger partial charge < -0.3 is 19.5 Å². The zero-order chi connectivity index (χ0) is 15.2. The molecule has 0 bridgehead atoms. The van der Waals surface area contributed by atoms with Crippen LogP contribution in [-0.2, 0) is 0 Å². The van der Waals surface area contributed by atoms with E-state index in [0.29, 0.717) is 24.1 Å². The van der Waals surface area contributed by atoms with Crippen molar-refractivity contribution in [2.24, 2.45) is 0 Å². The zero-order valence-corrected chi connectivity index (χ0v) is 12.7. The Balaban J connectivity index is 1.96. The van der Waals surface area contributed by atoms with E-state index < -0.39 is 5.97 Å². The number of carboxylic acid groups (broad SMARTS) is 1. The number of ether oxygens (including phenoxy) is 2. The van der Waals surface area contributed by atoms with E-state index in [1.807, 2.05) is 0 Å². The van der Waals surface area contributed by atoms with Gasteiger partial charge in [-0.3, -0.25) is 0 Å². The van der Waals surface area contributed by atoms with Crippen LogP contribution in [0.15, 0.2) is 18.2 Å². The predicted octanol–water partition coefficient (Wildman–Crippen LogP) is 2.65. The van der Waals surface area contributed by atoms with E-state index in [2.05, 4.69) is 11.9 Å². The molecular weight excluding hydrogens is 270 g/mol. The summed E-state index contributed by atoms with van der Waals surface area (Å²) in [5.74, 6) is -0.00691. The lowest BCUT2D eigenvalue weighted by Gasteiger charge is -2.32. The third-order valence-electron chi connectivity index (χ3n) is 4.05. The first-order chi connectivity index (χ1) is 10.1. The van der Waals surface area contributed by atoms with Crippen molar-refractivity contribution in [1.82, 2.24) is 4.90 Å². The molecule has 1 saturated heterocycles. The number of nitrogens with zero attached hydrogens (tertiary/aromatic N) is 1. The Morgan fingerprint density at radius 3 is 2.90 bits per heavy atom. The van der Waals surface area contributed by atoms with Gasteiger partial charge in [-0.1, -0.05) is 6.42 Å².